The number of fused-ring (bicyclic) bond motifs is 1. The standard InChI is InChI=1S/C16H25NS/c1-3-5-8-11-18-15-12-13-9-6-7-10-14(13)16(15)17-4-2/h6-7,9-10,15-17H,3-5,8,11-12H2,1-2H3. The van der Waals surface area contributed by atoms with E-state index in [0.29, 0.717) is 6.04 Å². The van der Waals surface area contributed by atoms with Crippen LogP contribution in [-0.2, 0) is 6.42 Å². The third-order valence-electron chi connectivity index (χ3n) is 3.69. The zero-order chi connectivity index (χ0) is 12.8. The van der Waals surface area contributed by atoms with Gasteiger partial charge >= 0.3 is 0 Å². The number of thioether (sulfide) groups is 1. The van der Waals surface area contributed by atoms with Crippen LogP contribution in [0.1, 0.15) is 50.3 Å². The van der Waals surface area contributed by atoms with Gasteiger partial charge in [-0.15, -0.1) is 0 Å². The Hall–Kier alpha value is -0.470. The molecule has 2 heteroatoms. The highest BCUT2D eigenvalue weighted by Gasteiger charge is 2.31. The third-order valence-corrected chi connectivity index (χ3v) is 5.08. The van der Waals surface area contributed by atoms with Gasteiger partial charge in [0.05, 0.1) is 0 Å². The molecule has 0 radical (unpaired) electrons. The number of nitrogens with one attached hydrogen (secondary N) is 1. The molecule has 0 saturated heterocycles. The highest BCUT2D eigenvalue weighted by molar-refractivity contribution is 7.99. The molecule has 0 heterocycles. The van der Waals surface area contributed by atoms with Gasteiger partial charge in [-0.3, -0.25) is 0 Å². The second-order valence-electron chi connectivity index (χ2n) is 5.05. The number of rotatable bonds is 7. The van der Waals surface area contributed by atoms with E-state index in [1.165, 1.54) is 37.0 Å². The summed E-state index contributed by atoms with van der Waals surface area (Å²) in [5.74, 6) is 1.31. The molecule has 2 rings (SSSR count). The Morgan fingerprint density at radius 1 is 1.22 bits per heavy atom. The predicted octanol–water partition coefficient (Wildman–Crippen LogP) is 4.19. The van der Waals surface area contributed by atoms with Crippen molar-refractivity contribution in [2.45, 2.75) is 50.8 Å². The summed E-state index contributed by atoms with van der Waals surface area (Å²) >= 11 is 2.17. The Morgan fingerprint density at radius 3 is 2.83 bits per heavy atom. The summed E-state index contributed by atoms with van der Waals surface area (Å²) in [6.45, 7) is 5.54. The van der Waals surface area contributed by atoms with Gasteiger partial charge in [0.25, 0.3) is 0 Å². The smallest absolute Gasteiger partial charge is 0.0446 e. The second kappa shape index (κ2) is 7.20. The number of benzene rings is 1. The van der Waals surface area contributed by atoms with Crippen LogP contribution in [0.4, 0.5) is 0 Å². The van der Waals surface area contributed by atoms with Crippen molar-refractivity contribution in [1.82, 2.24) is 5.32 Å². The van der Waals surface area contributed by atoms with Crippen LogP contribution in [0.3, 0.4) is 0 Å². The molecule has 18 heavy (non-hydrogen) atoms. The Labute approximate surface area is 116 Å². The number of hydrogen-bond acceptors (Lipinski definition) is 2. The van der Waals surface area contributed by atoms with Gasteiger partial charge in [0, 0.05) is 11.3 Å². The highest BCUT2D eigenvalue weighted by Crippen LogP contribution is 2.38. The van der Waals surface area contributed by atoms with E-state index in [4.69, 9.17) is 0 Å². The zero-order valence-electron chi connectivity index (χ0n) is 11.6. The van der Waals surface area contributed by atoms with E-state index >= 15 is 0 Å². The van der Waals surface area contributed by atoms with Gasteiger partial charge in [0.2, 0.25) is 0 Å². The number of hydrogen-bond donors (Lipinski definition) is 1. The van der Waals surface area contributed by atoms with Gasteiger partial charge in [0.15, 0.2) is 0 Å². The van der Waals surface area contributed by atoms with Crippen LogP contribution in [0.5, 0.6) is 0 Å². The van der Waals surface area contributed by atoms with Crippen LogP contribution in [0.2, 0.25) is 0 Å². The van der Waals surface area contributed by atoms with E-state index < -0.39 is 0 Å². The molecule has 1 aromatic rings. The Morgan fingerprint density at radius 2 is 2.06 bits per heavy atom. The maximum Gasteiger partial charge on any atom is 0.0446 e. The highest BCUT2D eigenvalue weighted by atomic mass is 32.2. The molecule has 0 fully saturated rings. The lowest BCUT2D eigenvalue weighted by Gasteiger charge is -2.21. The van der Waals surface area contributed by atoms with E-state index in [9.17, 15) is 0 Å². The molecule has 1 N–H and O–H groups in total. The van der Waals surface area contributed by atoms with Crippen LogP contribution in [0.25, 0.3) is 0 Å². The molecule has 0 aromatic heterocycles. The molecule has 0 saturated carbocycles. The predicted molar refractivity (Wildman–Crippen MR) is 82.3 cm³/mol. The van der Waals surface area contributed by atoms with Crippen LogP contribution in [0, 0.1) is 0 Å². The fraction of sp³-hybridized carbons (Fsp3) is 0.625. The molecule has 0 amide bonds. The molecule has 0 aliphatic heterocycles. The largest absolute Gasteiger partial charge is 0.309 e. The Bertz CT molecular complexity index is 364. The van der Waals surface area contributed by atoms with Crippen molar-refractivity contribution in [3.8, 4) is 0 Å². The molecule has 2 atom stereocenters. The topological polar surface area (TPSA) is 12.0 Å². The molecule has 100 valence electrons. The van der Waals surface area contributed by atoms with E-state index in [1.807, 2.05) is 0 Å². The average molecular weight is 263 g/mol. The van der Waals surface area contributed by atoms with Crippen molar-refractivity contribution < 1.29 is 0 Å². The van der Waals surface area contributed by atoms with E-state index in [0.717, 1.165) is 11.8 Å². The first-order chi connectivity index (χ1) is 8.86. The number of unbranched alkanes of at least 4 members (excludes halogenated alkanes) is 2. The lowest BCUT2D eigenvalue weighted by atomic mass is 10.1. The van der Waals surface area contributed by atoms with E-state index in [2.05, 4.69) is 55.2 Å². The fourth-order valence-corrected chi connectivity index (χ4v) is 4.17. The molecular weight excluding hydrogens is 238 g/mol. The lowest BCUT2D eigenvalue weighted by Crippen LogP contribution is -2.27. The minimum absolute atomic E-state index is 0.567. The van der Waals surface area contributed by atoms with Crippen molar-refractivity contribution in [2.75, 3.05) is 12.3 Å². The van der Waals surface area contributed by atoms with Crippen LogP contribution < -0.4 is 5.32 Å². The summed E-state index contributed by atoms with van der Waals surface area (Å²) < 4.78 is 0. The normalized spacial score (nSPS) is 22.1. The van der Waals surface area contributed by atoms with Gasteiger partial charge in [-0.25, -0.2) is 0 Å². The summed E-state index contributed by atoms with van der Waals surface area (Å²) in [6.07, 6.45) is 5.30. The van der Waals surface area contributed by atoms with E-state index in [-0.39, 0.29) is 0 Å². The van der Waals surface area contributed by atoms with Crippen molar-refractivity contribution in [3.05, 3.63) is 35.4 Å². The molecule has 1 aliphatic carbocycles. The maximum atomic E-state index is 3.67. The molecule has 2 unspecified atom stereocenters. The molecule has 1 nitrogen and oxygen atoms in total. The van der Waals surface area contributed by atoms with Gasteiger partial charge in [-0.1, -0.05) is 51.0 Å². The van der Waals surface area contributed by atoms with Crippen molar-refractivity contribution in [1.29, 1.82) is 0 Å². The molecule has 0 spiro atoms. The first-order valence-electron chi connectivity index (χ1n) is 7.29. The fourth-order valence-electron chi connectivity index (χ4n) is 2.76. The summed E-state index contributed by atoms with van der Waals surface area (Å²) in [5.41, 5.74) is 3.09. The average Bonchev–Trinajstić information content (AvgIpc) is 2.74. The molecule has 1 aromatic carbocycles. The zero-order valence-corrected chi connectivity index (χ0v) is 12.4. The molecular formula is C16H25NS. The first kappa shape index (κ1) is 14.0. The monoisotopic (exact) mass is 263 g/mol. The summed E-state index contributed by atoms with van der Waals surface area (Å²) in [4.78, 5) is 0. The third kappa shape index (κ3) is 3.30. The summed E-state index contributed by atoms with van der Waals surface area (Å²) in [5, 5.41) is 4.41. The van der Waals surface area contributed by atoms with Crippen LogP contribution >= 0.6 is 11.8 Å². The van der Waals surface area contributed by atoms with Crippen molar-refractivity contribution in [3.63, 3.8) is 0 Å². The SMILES string of the molecule is CCCCCSC1Cc2ccccc2C1NCC. The first-order valence-corrected chi connectivity index (χ1v) is 8.34. The van der Waals surface area contributed by atoms with Gasteiger partial charge < -0.3 is 5.32 Å². The minimum Gasteiger partial charge on any atom is -0.309 e. The van der Waals surface area contributed by atoms with Crippen molar-refractivity contribution in [2.24, 2.45) is 0 Å². The van der Waals surface area contributed by atoms with Gasteiger partial charge in [-0.05, 0) is 36.3 Å². The van der Waals surface area contributed by atoms with Gasteiger partial charge in [-0.2, -0.15) is 11.8 Å². The summed E-state index contributed by atoms with van der Waals surface area (Å²) in [7, 11) is 0. The van der Waals surface area contributed by atoms with Crippen LogP contribution in [0.15, 0.2) is 24.3 Å². The van der Waals surface area contributed by atoms with Crippen LogP contribution in [-0.4, -0.2) is 17.5 Å². The quantitative estimate of drug-likeness (QED) is 0.740. The lowest BCUT2D eigenvalue weighted by molar-refractivity contribution is 0.560. The molecule has 1 aliphatic rings. The Kier molecular flexibility index (Phi) is 5.58. The maximum absolute atomic E-state index is 3.67. The summed E-state index contributed by atoms with van der Waals surface area (Å²) in [6, 6.07) is 9.51. The van der Waals surface area contributed by atoms with Crippen molar-refractivity contribution >= 4 is 11.8 Å². The minimum atomic E-state index is 0.567. The molecule has 0 bridgehead atoms. The second-order valence-corrected chi connectivity index (χ2v) is 6.40. The van der Waals surface area contributed by atoms with E-state index in [1.54, 1.807) is 5.56 Å². The van der Waals surface area contributed by atoms with Gasteiger partial charge in [0.1, 0.15) is 0 Å². The Balaban J connectivity index is 1.95.